The van der Waals surface area contributed by atoms with E-state index in [1.54, 1.807) is 0 Å². The van der Waals surface area contributed by atoms with E-state index in [9.17, 15) is 0 Å². The van der Waals surface area contributed by atoms with Crippen molar-refractivity contribution in [3.8, 4) is 23.7 Å². The zero-order valence-corrected chi connectivity index (χ0v) is 29.2. The summed E-state index contributed by atoms with van der Waals surface area (Å²) in [5, 5.41) is 7.70. The van der Waals surface area contributed by atoms with E-state index in [2.05, 4.69) is 178 Å². The molecule has 6 aromatic carbocycles. The quantitative estimate of drug-likeness (QED) is 0.137. The van der Waals surface area contributed by atoms with Crippen LogP contribution in [0.2, 0.25) is 0 Å². The van der Waals surface area contributed by atoms with Crippen LogP contribution in [0.4, 0.5) is 0 Å². The molecule has 6 aromatic rings. The summed E-state index contributed by atoms with van der Waals surface area (Å²) in [5.74, 6) is 15.0. The van der Waals surface area contributed by atoms with Gasteiger partial charge < -0.3 is 0 Å². The molecule has 0 aliphatic heterocycles. The largest absolute Gasteiger partial charge is 0.0616 e. The molecule has 0 spiro atoms. The molecule has 0 radical (unpaired) electrons. The normalized spacial score (nSPS) is 12.2. The average Bonchev–Trinajstić information content (AvgIpc) is 3.01. The molecule has 0 aliphatic carbocycles. The van der Waals surface area contributed by atoms with Crippen molar-refractivity contribution >= 4 is 32.3 Å². The van der Waals surface area contributed by atoms with Crippen molar-refractivity contribution in [2.75, 3.05) is 0 Å². The van der Waals surface area contributed by atoms with Gasteiger partial charge in [0.15, 0.2) is 0 Å². The van der Waals surface area contributed by atoms with Gasteiger partial charge in [-0.1, -0.05) is 141 Å². The van der Waals surface area contributed by atoms with E-state index in [0.29, 0.717) is 11.8 Å². The highest BCUT2D eigenvalue weighted by atomic mass is 14.2. The van der Waals surface area contributed by atoms with Gasteiger partial charge >= 0.3 is 0 Å². The lowest BCUT2D eigenvalue weighted by atomic mass is 9.82. The van der Waals surface area contributed by atoms with Crippen molar-refractivity contribution in [1.29, 1.82) is 0 Å². The third kappa shape index (κ3) is 5.91. The second-order valence-electron chi connectivity index (χ2n) is 15.6. The standard InChI is InChI=1S/C46H46/c1-29(2)41-27-33(17-11-31-13-19-35(20-14-31)45(5,6)7)37-24-26-40-42(30(3)4)28-34(38-23-25-39(41)43(37)44(38)40)18-12-32-15-21-36(22-16-32)46(8,9)10/h13-16,19-30H,1-10H3. The second kappa shape index (κ2) is 11.7. The fourth-order valence-corrected chi connectivity index (χ4v) is 6.60. The Labute approximate surface area is 276 Å². The predicted octanol–water partition coefficient (Wildman–Crippen LogP) is 12.2. The Kier molecular flexibility index (Phi) is 7.99. The van der Waals surface area contributed by atoms with E-state index in [1.807, 2.05) is 0 Å². The Balaban J connectivity index is 1.57. The zero-order valence-electron chi connectivity index (χ0n) is 29.2. The van der Waals surface area contributed by atoms with Gasteiger partial charge in [0.05, 0.1) is 0 Å². The molecule has 0 aliphatic rings. The van der Waals surface area contributed by atoms with E-state index < -0.39 is 0 Å². The second-order valence-corrected chi connectivity index (χ2v) is 15.6. The van der Waals surface area contributed by atoms with Crippen LogP contribution in [0.5, 0.6) is 0 Å². The smallest absolute Gasteiger partial charge is 0.0330 e. The molecule has 0 N–H and O–H groups in total. The topological polar surface area (TPSA) is 0 Å². The Morgan fingerprint density at radius 3 is 1.04 bits per heavy atom. The van der Waals surface area contributed by atoms with Crippen LogP contribution in [0.15, 0.2) is 84.9 Å². The van der Waals surface area contributed by atoms with Crippen molar-refractivity contribution in [3.63, 3.8) is 0 Å². The first-order valence-corrected chi connectivity index (χ1v) is 16.8. The summed E-state index contributed by atoms with van der Waals surface area (Å²) in [5.41, 5.74) is 9.85. The third-order valence-electron chi connectivity index (χ3n) is 9.39. The van der Waals surface area contributed by atoms with Gasteiger partial charge in [-0.3, -0.25) is 0 Å². The van der Waals surface area contributed by atoms with E-state index in [1.165, 1.54) is 54.6 Å². The number of rotatable bonds is 2. The van der Waals surface area contributed by atoms with E-state index in [4.69, 9.17) is 0 Å². The predicted molar refractivity (Wildman–Crippen MR) is 201 cm³/mol. The van der Waals surface area contributed by atoms with E-state index in [0.717, 1.165) is 22.3 Å². The molecule has 0 saturated carbocycles. The Morgan fingerprint density at radius 2 is 0.739 bits per heavy atom. The number of hydrogen-bond acceptors (Lipinski definition) is 0. The molecule has 0 nitrogen and oxygen atoms in total. The van der Waals surface area contributed by atoms with Crippen LogP contribution in [-0.4, -0.2) is 0 Å². The Bertz CT molecular complexity index is 2020. The first-order chi connectivity index (χ1) is 21.7. The number of benzene rings is 6. The lowest BCUT2D eigenvalue weighted by Crippen LogP contribution is -2.10. The van der Waals surface area contributed by atoms with E-state index >= 15 is 0 Å². The molecule has 0 unspecified atom stereocenters. The maximum Gasteiger partial charge on any atom is 0.0330 e. The average molecular weight is 599 g/mol. The molecule has 0 atom stereocenters. The van der Waals surface area contributed by atoms with Gasteiger partial charge in [0, 0.05) is 22.3 Å². The highest BCUT2D eigenvalue weighted by Gasteiger charge is 2.20. The summed E-state index contributed by atoms with van der Waals surface area (Å²) in [6.07, 6.45) is 0. The minimum absolute atomic E-state index is 0.124. The monoisotopic (exact) mass is 598 g/mol. The zero-order chi connectivity index (χ0) is 33.0. The molecular formula is C46H46. The maximum atomic E-state index is 3.60. The van der Waals surface area contributed by atoms with Gasteiger partial charge in [-0.15, -0.1) is 0 Å². The van der Waals surface area contributed by atoms with Crippen molar-refractivity contribution in [3.05, 3.63) is 129 Å². The van der Waals surface area contributed by atoms with Gasteiger partial charge in [0.1, 0.15) is 0 Å². The highest BCUT2D eigenvalue weighted by molar-refractivity contribution is 6.26. The van der Waals surface area contributed by atoms with Crippen LogP contribution in [0, 0.1) is 23.7 Å². The molecule has 46 heavy (non-hydrogen) atoms. The summed E-state index contributed by atoms with van der Waals surface area (Å²) in [7, 11) is 0. The number of hydrogen-bond donors (Lipinski definition) is 0. The molecule has 0 saturated heterocycles. The fourth-order valence-electron chi connectivity index (χ4n) is 6.60. The third-order valence-corrected chi connectivity index (χ3v) is 9.39. The molecule has 6 rings (SSSR count). The molecule has 0 heteroatoms. The highest BCUT2D eigenvalue weighted by Crippen LogP contribution is 2.43. The lowest BCUT2D eigenvalue weighted by Gasteiger charge is -2.21. The molecule has 0 fully saturated rings. The Hall–Kier alpha value is -4.52. The first kappa shape index (κ1) is 31.5. The fraction of sp³-hybridized carbons (Fsp3) is 0.304. The van der Waals surface area contributed by atoms with Crippen LogP contribution in [0.25, 0.3) is 32.3 Å². The van der Waals surface area contributed by atoms with Crippen molar-refractivity contribution in [2.24, 2.45) is 0 Å². The molecule has 0 amide bonds. The lowest BCUT2D eigenvalue weighted by molar-refractivity contribution is 0.590. The summed E-state index contributed by atoms with van der Waals surface area (Å²) < 4.78 is 0. The van der Waals surface area contributed by atoms with Crippen LogP contribution >= 0.6 is 0 Å². The minimum atomic E-state index is 0.124. The maximum absolute atomic E-state index is 3.60. The summed E-state index contributed by atoms with van der Waals surface area (Å²) in [4.78, 5) is 0. The van der Waals surface area contributed by atoms with Crippen LogP contribution in [0.3, 0.4) is 0 Å². The summed E-state index contributed by atoms with van der Waals surface area (Å²) in [6.45, 7) is 22.6. The van der Waals surface area contributed by atoms with Gasteiger partial charge in [-0.05, 0) is 114 Å². The molecule has 0 aromatic heterocycles. The van der Waals surface area contributed by atoms with Crippen LogP contribution in [0.1, 0.15) is 126 Å². The van der Waals surface area contributed by atoms with Crippen LogP contribution < -0.4 is 0 Å². The minimum Gasteiger partial charge on any atom is -0.0616 e. The van der Waals surface area contributed by atoms with Gasteiger partial charge in [-0.2, -0.15) is 0 Å². The molecule has 0 bridgehead atoms. The Morgan fingerprint density at radius 1 is 0.413 bits per heavy atom. The van der Waals surface area contributed by atoms with Gasteiger partial charge in [0.25, 0.3) is 0 Å². The van der Waals surface area contributed by atoms with Crippen LogP contribution in [-0.2, 0) is 10.8 Å². The summed E-state index contributed by atoms with van der Waals surface area (Å²) in [6, 6.07) is 31.4. The van der Waals surface area contributed by atoms with Crippen molar-refractivity contribution in [1.82, 2.24) is 0 Å². The van der Waals surface area contributed by atoms with E-state index in [-0.39, 0.29) is 10.8 Å². The van der Waals surface area contributed by atoms with Gasteiger partial charge in [0.2, 0.25) is 0 Å². The first-order valence-electron chi connectivity index (χ1n) is 16.8. The van der Waals surface area contributed by atoms with Crippen molar-refractivity contribution < 1.29 is 0 Å². The summed E-state index contributed by atoms with van der Waals surface area (Å²) >= 11 is 0. The molecule has 230 valence electrons. The SMILES string of the molecule is CC(C)c1cc(C#Cc2ccc(C(C)(C)C)cc2)c2ccc3c(C(C)C)cc(C#Cc4ccc(C(C)(C)C)cc4)c4ccc1c2c43. The van der Waals surface area contributed by atoms with Gasteiger partial charge in [-0.25, -0.2) is 0 Å². The molecular weight excluding hydrogens is 553 g/mol. The molecule has 0 heterocycles. The van der Waals surface area contributed by atoms with Crippen molar-refractivity contribution in [2.45, 2.75) is 91.9 Å².